The quantitative estimate of drug-likeness (QED) is 0.351. The van der Waals surface area contributed by atoms with Crippen molar-refractivity contribution in [3.05, 3.63) is 65.6 Å². The Morgan fingerprint density at radius 3 is 2.38 bits per heavy atom. The maximum atomic E-state index is 14.3. The second-order valence-corrected chi connectivity index (χ2v) is 7.00. The Morgan fingerprint density at radius 1 is 1.00 bits per heavy atom. The molecule has 32 heavy (non-hydrogen) atoms. The third-order valence-corrected chi connectivity index (χ3v) is 4.86. The fourth-order valence-electron chi connectivity index (χ4n) is 3.25. The van der Waals surface area contributed by atoms with Gasteiger partial charge in [0.15, 0.2) is 17.3 Å². The molecule has 0 saturated heterocycles. The minimum atomic E-state index is -0.766. The number of hydrogen-bond acceptors (Lipinski definition) is 6. The van der Waals surface area contributed by atoms with Gasteiger partial charge in [-0.25, -0.2) is 18.7 Å². The summed E-state index contributed by atoms with van der Waals surface area (Å²) in [5.74, 6) is -2.01. The predicted molar refractivity (Wildman–Crippen MR) is 117 cm³/mol. The van der Waals surface area contributed by atoms with Crippen molar-refractivity contribution >= 4 is 11.9 Å². The zero-order chi connectivity index (χ0) is 23.1. The Bertz CT molecular complexity index is 1100. The van der Waals surface area contributed by atoms with Crippen LogP contribution in [0, 0.1) is 5.82 Å². The van der Waals surface area contributed by atoms with Crippen LogP contribution in [0.5, 0.6) is 5.75 Å². The number of aromatic nitrogens is 2. The molecule has 0 amide bonds. The lowest BCUT2D eigenvalue weighted by Gasteiger charge is -2.09. The molecule has 0 aliphatic rings. The first kappa shape index (κ1) is 23.0. The maximum absolute atomic E-state index is 14.3. The molecule has 0 fully saturated rings. The predicted octanol–water partition coefficient (Wildman–Crippen LogP) is 4.82. The van der Waals surface area contributed by atoms with Gasteiger partial charge >= 0.3 is 11.9 Å². The van der Waals surface area contributed by atoms with Gasteiger partial charge in [0.05, 0.1) is 26.5 Å². The van der Waals surface area contributed by atoms with E-state index in [4.69, 9.17) is 14.2 Å². The number of rotatable bonds is 9. The molecule has 3 rings (SSSR count). The summed E-state index contributed by atoms with van der Waals surface area (Å²) in [5.41, 5.74) is 0.932. The zero-order valence-corrected chi connectivity index (χ0v) is 18.3. The van der Waals surface area contributed by atoms with E-state index in [-0.39, 0.29) is 22.7 Å². The van der Waals surface area contributed by atoms with Crippen molar-refractivity contribution < 1.29 is 28.2 Å². The number of esters is 2. The van der Waals surface area contributed by atoms with Gasteiger partial charge in [-0.05, 0) is 36.8 Å². The number of methoxy groups -OCH3 is 2. The first-order valence-electron chi connectivity index (χ1n) is 10.3. The van der Waals surface area contributed by atoms with Crippen LogP contribution in [0.3, 0.4) is 0 Å². The summed E-state index contributed by atoms with van der Waals surface area (Å²) in [4.78, 5) is 25.3. The van der Waals surface area contributed by atoms with Crippen LogP contribution in [0.4, 0.5) is 4.39 Å². The van der Waals surface area contributed by atoms with Gasteiger partial charge in [0.2, 0.25) is 0 Å². The Labute approximate surface area is 185 Å². The number of unbranched alkanes of at least 4 members (excludes halogenated alkanes) is 2. The lowest BCUT2D eigenvalue weighted by molar-refractivity contribution is 0.0549. The number of hydrogen-bond donors (Lipinski definition) is 0. The molecule has 0 radical (unpaired) electrons. The molecule has 1 aromatic heterocycles. The highest BCUT2D eigenvalue weighted by Crippen LogP contribution is 2.32. The lowest BCUT2D eigenvalue weighted by Crippen LogP contribution is -2.15. The summed E-state index contributed by atoms with van der Waals surface area (Å²) in [6.45, 7) is 2.43. The van der Waals surface area contributed by atoms with Crippen LogP contribution in [0.1, 0.15) is 47.0 Å². The summed E-state index contributed by atoms with van der Waals surface area (Å²) in [5, 5.41) is 4.51. The van der Waals surface area contributed by atoms with E-state index in [1.165, 1.54) is 37.1 Å². The number of benzene rings is 2. The fraction of sp³-hybridized carbons (Fsp3) is 0.292. The normalized spacial score (nSPS) is 10.6. The van der Waals surface area contributed by atoms with Crippen molar-refractivity contribution in [2.24, 2.45) is 0 Å². The molecule has 1 heterocycles. The van der Waals surface area contributed by atoms with Crippen LogP contribution in [0.2, 0.25) is 0 Å². The molecule has 0 bridgehead atoms. The molecule has 0 saturated carbocycles. The zero-order valence-electron chi connectivity index (χ0n) is 18.3. The van der Waals surface area contributed by atoms with E-state index in [2.05, 4.69) is 12.0 Å². The molecule has 168 valence electrons. The van der Waals surface area contributed by atoms with Gasteiger partial charge in [0, 0.05) is 5.56 Å². The van der Waals surface area contributed by atoms with Crippen LogP contribution in [-0.2, 0) is 9.47 Å². The van der Waals surface area contributed by atoms with Crippen LogP contribution in [0.15, 0.2) is 48.5 Å². The SMILES string of the molecule is CCCCCOc1cc(-c2nn(-c3ccccc3)c(C(=O)OC)c2C(=O)OC)ccc1F. The molecule has 0 unspecified atom stereocenters. The molecular formula is C24H25FN2O5. The average Bonchev–Trinajstić information content (AvgIpc) is 3.23. The molecule has 2 aromatic carbocycles. The Kier molecular flexibility index (Phi) is 7.59. The van der Waals surface area contributed by atoms with Gasteiger partial charge < -0.3 is 14.2 Å². The topological polar surface area (TPSA) is 79.7 Å². The summed E-state index contributed by atoms with van der Waals surface area (Å²) < 4.78 is 31.1. The largest absolute Gasteiger partial charge is 0.490 e. The second kappa shape index (κ2) is 10.6. The molecule has 0 spiro atoms. The lowest BCUT2D eigenvalue weighted by atomic mass is 10.0. The molecule has 0 N–H and O–H groups in total. The third kappa shape index (κ3) is 4.80. The number of carbonyl (C=O) groups is 2. The van der Waals surface area contributed by atoms with Crippen LogP contribution in [-0.4, -0.2) is 42.5 Å². The number of para-hydroxylation sites is 1. The Morgan fingerprint density at radius 2 is 1.72 bits per heavy atom. The van der Waals surface area contributed by atoms with E-state index in [1.54, 1.807) is 24.3 Å². The first-order valence-corrected chi connectivity index (χ1v) is 10.3. The van der Waals surface area contributed by atoms with E-state index in [1.807, 2.05) is 6.07 Å². The number of carbonyl (C=O) groups excluding carboxylic acids is 2. The monoisotopic (exact) mass is 440 g/mol. The number of ether oxygens (including phenoxy) is 3. The highest BCUT2D eigenvalue weighted by Gasteiger charge is 2.31. The van der Waals surface area contributed by atoms with Gasteiger partial charge in [-0.2, -0.15) is 5.10 Å². The third-order valence-electron chi connectivity index (χ3n) is 4.86. The number of halogens is 1. The maximum Gasteiger partial charge on any atom is 0.357 e. The smallest absolute Gasteiger partial charge is 0.357 e. The number of nitrogens with zero attached hydrogens (tertiary/aromatic N) is 2. The van der Waals surface area contributed by atoms with Crippen molar-refractivity contribution in [2.45, 2.75) is 26.2 Å². The van der Waals surface area contributed by atoms with Gasteiger partial charge in [-0.3, -0.25) is 0 Å². The van der Waals surface area contributed by atoms with E-state index in [9.17, 15) is 14.0 Å². The molecule has 8 heteroatoms. The van der Waals surface area contributed by atoms with Gasteiger partial charge in [-0.1, -0.05) is 38.0 Å². The Balaban J connectivity index is 2.17. The summed E-state index contributed by atoms with van der Waals surface area (Å²) >= 11 is 0. The van der Waals surface area contributed by atoms with Crippen molar-refractivity contribution in [3.8, 4) is 22.7 Å². The standard InChI is InChI=1S/C24H25FN2O5/c1-4-5-9-14-32-19-15-16(12-13-18(19)25)21-20(23(28)30-2)22(24(29)31-3)27(26-21)17-10-7-6-8-11-17/h6-8,10-13,15H,4-5,9,14H2,1-3H3. The van der Waals surface area contributed by atoms with Crippen LogP contribution >= 0.6 is 0 Å². The molecule has 7 nitrogen and oxygen atoms in total. The minimum absolute atomic E-state index is 0.0447. The summed E-state index contributed by atoms with van der Waals surface area (Å²) in [7, 11) is 2.42. The molecule has 0 aliphatic carbocycles. The van der Waals surface area contributed by atoms with Crippen LogP contribution < -0.4 is 4.74 Å². The molecule has 0 atom stereocenters. The Hall–Kier alpha value is -3.68. The van der Waals surface area contributed by atoms with Crippen molar-refractivity contribution in [2.75, 3.05) is 20.8 Å². The summed E-state index contributed by atoms with van der Waals surface area (Å²) in [6, 6.07) is 13.0. The highest BCUT2D eigenvalue weighted by atomic mass is 19.1. The molecular weight excluding hydrogens is 415 g/mol. The van der Waals surface area contributed by atoms with Gasteiger partial charge in [0.1, 0.15) is 11.3 Å². The summed E-state index contributed by atoms with van der Waals surface area (Å²) in [6.07, 6.45) is 2.78. The van der Waals surface area contributed by atoms with Gasteiger partial charge in [-0.15, -0.1) is 0 Å². The second-order valence-electron chi connectivity index (χ2n) is 7.00. The van der Waals surface area contributed by atoms with Crippen LogP contribution in [0.25, 0.3) is 16.9 Å². The van der Waals surface area contributed by atoms with Crippen molar-refractivity contribution in [1.82, 2.24) is 9.78 Å². The van der Waals surface area contributed by atoms with E-state index >= 15 is 0 Å². The highest BCUT2D eigenvalue weighted by molar-refractivity contribution is 6.06. The van der Waals surface area contributed by atoms with E-state index in [0.717, 1.165) is 19.3 Å². The van der Waals surface area contributed by atoms with E-state index < -0.39 is 17.8 Å². The molecule has 0 aliphatic heterocycles. The fourth-order valence-corrected chi connectivity index (χ4v) is 3.25. The average molecular weight is 440 g/mol. The van der Waals surface area contributed by atoms with Crippen molar-refractivity contribution in [1.29, 1.82) is 0 Å². The van der Waals surface area contributed by atoms with E-state index in [0.29, 0.717) is 17.9 Å². The first-order chi connectivity index (χ1) is 15.5. The van der Waals surface area contributed by atoms with Crippen molar-refractivity contribution in [3.63, 3.8) is 0 Å². The van der Waals surface area contributed by atoms with Gasteiger partial charge in [0.25, 0.3) is 0 Å². The minimum Gasteiger partial charge on any atom is -0.490 e. The molecule has 3 aromatic rings.